The highest BCUT2D eigenvalue weighted by molar-refractivity contribution is 6.31. The monoisotopic (exact) mass is 301 g/mol. The van der Waals surface area contributed by atoms with Gasteiger partial charge in [0.2, 0.25) is 0 Å². The molecule has 0 atom stereocenters. The first-order valence-electron chi connectivity index (χ1n) is 6.25. The summed E-state index contributed by atoms with van der Waals surface area (Å²) in [7, 11) is 1.54. The molecule has 0 bridgehead atoms. The predicted molar refractivity (Wildman–Crippen MR) is 81.1 cm³/mol. The average molecular weight is 302 g/mol. The lowest BCUT2D eigenvalue weighted by atomic mass is 10.2. The van der Waals surface area contributed by atoms with Crippen molar-refractivity contribution in [3.05, 3.63) is 59.5 Å². The molecule has 2 aromatic heterocycles. The molecule has 2 heterocycles. The summed E-state index contributed by atoms with van der Waals surface area (Å²) in [6.45, 7) is 0. The van der Waals surface area contributed by atoms with Crippen molar-refractivity contribution in [2.45, 2.75) is 0 Å². The van der Waals surface area contributed by atoms with Gasteiger partial charge in [0.15, 0.2) is 0 Å². The van der Waals surface area contributed by atoms with Crippen LogP contribution in [0, 0.1) is 0 Å². The fourth-order valence-electron chi connectivity index (χ4n) is 2.03. The zero-order valence-corrected chi connectivity index (χ0v) is 12.0. The Morgan fingerprint density at radius 1 is 1.33 bits per heavy atom. The first-order chi connectivity index (χ1) is 10.2. The van der Waals surface area contributed by atoms with E-state index in [1.54, 1.807) is 53.3 Å². The summed E-state index contributed by atoms with van der Waals surface area (Å²) in [6.07, 6.45) is 5.18. The Bertz CT molecular complexity index is 814. The number of anilines is 1. The third-order valence-corrected chi connectivity index (χ3v) is 3.30. The van der Waals surface area contributed by atoms with Crippen molar-refractivity contribution in [3.63, 3.8) is 0 Å². The summed E-state index contributed by atoms with van der Waals surface area (Å²) in [4.78, 5) is 16.5. The summed E-state index contributed by atoms with van der Waals surface area (Å²) in [5, 5.41) is 3.32. The van der Waals surface area contributed by atoms with Crippen LogP contribution in [0.4, 0.5) is 5.69 Å². The molecule has 0 fully saturated rings. The van der Waals surface area contributed by atoms with Crippen LogP contribution in [0.1, 0.15) is 10.4 Å². The number of nitrogens with zero attached hydrogens (tertiary/aromatic N) is 2. The molecule has 0 saturated heterocycles. The number of carbonyl (C=O) groups excluding carboxylic acids is 1. The zero-order valence-electron chi connectivity index (χ0n) is 11.2. The van der Waals surface area contributed by atoms with Gasteiger partial charge < -0.3 is 14.5 Å². The number of methoxy groups -OCH3 is 1. The minimum atomic E-state index is -0.244. The molecule has 106 valence electrons. The zero-order chi connectivity index (χ0) is 14.8. The van der Waals surface area contributed by atoms with Gasteiger partial charge in [-0.15, -0.1) is 0 Å². The number of benzene rings is 1. The Morgan fingerprint density at radius 3 is 3.00 bits per heavy atom. The fraction of sp³-hybridized carbons (Fsp3) is 0.0667. The van der Waals surface area contributed by atoms with Gasteiger partial charge in [-0.2, -0.15) is 0 Å². The summed E-state index contributed by atoms with van der Waals surface area (Å²) in [5.74, 6) is 0.308. The summed E-state index contributed by atoms with van der Waals surface area (Å²) < 4.78 is 6.99. The molecule has 3 rings (SSSR count). The molecule has 1 aromatic carbocycles. The van der Waals surface area contributed by atoms with Crippen LogP contribution in [0.25, 0.3) is 5.65 Å². The van der Waals surface area contributed by atoms with Crippen LogP contribution in [0.2, 0.25) is 5.02 Å². The van der Waals surface area contributed by atoms with E-state index in [4.69, 9.17) is 16.3 Å². The Kier molecular flexibility index (Phi) is 3.50. The molecular weight excluding hydrogens is 290 g/mol. The number of fused-ring (bicyclic) bond motifs is 1. The number of carbonyl (C=O) groups is 1. The number of nitrogens with one attached hydrogen (secondary N) is 1. The molecule has 1 N–H and O–H groups in total. The number of ether oxygens (including phenoxy) is 1. The lowest BCUT2D eigenvalue weighted by molar-refractivity contribution is 0.102. The number of hydrogen-bond acceptors (Lipinski definition) is 3. The Labute approximate surface area is 126 Å². The average Bonchev–Trinajstić information content (AvgIpc) is 2.94. The summed E-state index contributed by atoms with van der Waals surface area (Å²) in [5.41, 5.74) is 1.83. The smallest absolute Gasteiger partial charge is 0.257 e. The first-order valence-corrected chi connectivity index (χ1v) is 6.63. The third kappa shape index (κ3) is 2.68. The molecule has 0 aliphatic rings. The van der Waals surface area contributed by atoms with Crippen molar-refractivity contribution in [2.75, 3.05) is 12.4 Å². The van der Waals surface area contributed by atoms with Gasteiger partial charge in [-0.05, 0) is 30.3 Å². The molecule has 1 amide bonds. The molecule has 3 aromatic rings. The van der Waals surface area contributed by atoms with E-state index in [1.165, 1.54) is 7.11 Å². The Balaban J connectivity index is 1.90. The topological polar surface area (TPSA) is 55.6 Å². The quantitative estimate of drug-likeness (QED) is 0.808. The second-order valence-corrected chi connectivity index (χ2v) is 4.85. The lowest BCUT2D eigenvalue weighted by Gasteiger charge is -2.10. The molecular formula is C15H12ClN3O2. The van der Waals surface area contributed by atoms with Gasteiger partial charge in [0, 0.05) is 23.6 Å². The standard InChI is InChI=1S/C15H12ClN3O2/c1-21-13-4-3-11(16)8-12(13)18-15(20)10-2-5-14-17-6-7-19(14)9-10/h2-9H,1H3,(H,18,20). The van der Waals surface area contributed by atoms with Gasteiger partial charge in [-0.25, -0.2) is 4.98 Å². The van der Waals surface area contributed by atoms with Crippen molar-refractivity contribution in [2.24, 2.45) is 0 Å². The summed E-state index contributed by atoms with van der Waals surface area (Å²) in [6, 6.07) is 8.55. The lowest BCUT2D eigenvalue weighted by Crippen LogP contribution is -2.13. The van der Waals surface area contributed by atoms with Crippen LogP contribution in [0.5, 0.6) is 5.75 Å². The van der Waals surface area contributed by atoms with Crippen LogP contribution in [-0.2, 0) is 0 Å². The number of rotatable bonds is 3. The minimum Gasteiger partial charge on any atom is -0.495 e. The second-order valence-electron chi connectivity index (χ2n) is 4.41. The van der Waals surface area contributed by atoms with Crippen molar-refractivity contribution >= 4 is 28.8 Å². The van der Waals surface area contributed by atoms with E-state index in [9.17, 15) is 4.79 Å². The number of halogens is 1. The fourth-order valence-corrected chi connectivity index (χ4v) is 2.20. The molecule has 5 nitrogen and oxygen atoms in total. The maximum absolute atomic E-state index is 12.3. The maximum Gasteiger partial charge on any atom is 0.257 e. The summed E-state index contributed by atoms with van der Waals surface area (Å²) >= 11 is 5.95. The Hall–Kier alpha value is -2.53. The van der Waals surface area contributed by atoms with Gasteiger partial charge in [0.1, 0.15) is 11.4 Å². The highest BCUT2D eigenvalue weighted by Gasteiger charge is 2.11. The van der Waals surface area contributed by atoms with Gasteiger partial charge in [-0.3, -0.25) is 4.79 Å². The second kappa shape index (κ2) is 5.46. The molecule has 0 spiro atoms. The highest BCUT2D eigenvalue weighted by atomic mass is 35.5. The van der Waals surface area contributed by atoms with Gasteiger partial charge in [0.05, 0.1) is 18.4 Å². The van der Waals surface area contributed by atoms with Crippen LogP contribution < -0.4 is 10.1 Å². The number of aromatic nitrogens is 2. The van der Waals surface area contributed by atoms with Crippen molar-refractivity contribution in [1.82, 2.24) is 9.38 Å². The molecule has 0 unspecified atom stereocenters. The van der Waals surface area contributed by atoms with E-state index in [1.807, 2.05) is 0 Å². The maximum atomic E-state index is 12.3. The van der Waals surface area contributed by atoms with Crippen molar-refractivity contribution < 1.29 is 9.53 Å². The number of pyridine rings is 1. The van der Waals surface area contributed by atoms with Crippen LogP contribution in [0.15, 0.2) is 48.9 Å². The largest absolute Gasteiger partial charge is 0.495 e. The molecule has 0 saturated carbocycles. The molecule has 6 heteroatoms. The number of hydrogen-bond donors (Lipinski definition) is 1. The normalized spacial score (nSPS) is 10.6. The van der Waals surface area contributed by atoms with Crippen LogP contribution >= 0.6 is 11.6 Å². The van der Waals surface area contributed by atoms with Gasteiger partial charge in [0.25, 0.3) is 5.91 Å². The van der Waals surface area contributed by atoms with Gasteiger partial charge >= 0.3 is 0 Å². The first kappa shape index (κ1) is 13.5. The molecule has 0 radical (unpaired) electrons. The van der Waals surface area contributed by atoms with E-state index < -0.39 is 0 Å². The molecule has 21 heavy (non-hydrogen) atoms. The van der Waals surface area contributed by atoms with Crippen molar-refractivity contribution in [3.8, 4) is 5.75 Å². The SMILES string of the molecule is COc1ccc(Cl)cc1NC(=O)c1ccc2nccn2c1. The van der Waals surface area contributed by atoms with Crippen molar-refractivity contribution in [1.29, 1.82) is 0 Å². The van der Waals surface area contributed by atoms with E-state index in [2.05, 4.69) is 10.3 Å². The number of amides is 1. The van der Waals surface area contributed by atoms with E-state index in [0.29, 0.717) is 22.0 Å². The van der Waals surface area contributed by atoms with E-state index in [-0.39, 0.29) is 5.91 Å². The highest BCUT2D eigenvalue weighted by Crippen LogP contribution is 2.28. The molecule has 0 aliphatic carbocycles. The minimum absolute atomic E-state index is 0.244. The number of imidazole rings is 1. The van der Waals surface area contributed by atoms with Gasteiger partial charge in [-0.1, -0.05) is 11.6 Å². The molecule has 0 aliphatic heterocycles. The van der Waals surface area contributed by atoms with Crippen LogP contribution in [-0.4, -0.2) is 22.4 Å². The Morgan fingerprint density at radius 2 is 2.19 bits per heavy atom. The third-order valence-electron chi connectivity index (χ3n) is 3.06. The van der Waals surface area contributed by atoms with Crippen LogP contribution in [0.3, 0.4) is 0 Å². The van der Waals surface area contributed by atoms with E-state index in [0.717, 1.165) is 5.65 Å². The van der Waals surface area contributed by atoms with E-state index >= 15 is 0 Å². The predicted octanol–water partition coefficient (Wildman–Crippen LogP) is 3.25.